The topological polar surface area (TPSA) is 81.3 Å². The van der Waals surface area contributed by atoms with Crippen molar-refractivity contribution in [1.29, 1.82) is 0 Å². The molecule has 0 spiro atoms. The molecule has 1 aromatic carbocycles. The van der Waals surface area contributed by atoms with Gasteiger partial charge in [-0.2, -0.15) is 0 Å². The quantitative estimate of drug-likeness (QED) is 0.770. The largest absolute Gasteiger partial charge is 0.421 e. The Bertz CT molecular complexity index is 1130. The summed E-state index contributed by atoms with van der Waals surface area (Å²) in [6.07, 6.45) is 3.47. The van der Waals surface area contributed by atoms with Gasteiger partial charge in [-0.3, -0.25) is 14.2 Å². The number of fused-ring (bicyclic) bond motifs is 3. The predicted molar refractivity (Wildman–Crippen MR) is 99.0 cm³/mol. The Balaban J connectivity index is 2.10. The van der Waals surface area contributed by atoms with E-state index in [-0.39, 0.29) is 11.2 Å². The van der Waals surface area contributed by atoms with Crippen LogP contribution < -0.4 is 16.5 Å². The molecular weight excluding hydrogens is 332 g/mol. The monoisotopic (exact) mass is 350 g/mol. The molecule has 0 bridgehead atoms. The molecule has 0 fully saturated rings. The highest BCUT2D eigenvalue weighted by Crippen LogP contribution is 2.29. The molecule has 2 heterocycles. The standard InChI is InChI=1S/C20H18N2O4/c1-12(23)21-16-11-15-18(26-20(16)25)14-9-5-6-10-17(14)22(19(15)24)13-7-3-2-4-8-13/h2-4,7-8,11H,5-6,9-10H2,1H3,(H,21,23). The maximum Gasteiger partial charge on any atom is 0.360 e. The van der Waals surface area contributed by atoms with E-state index in [0.29, 0.717) is 11.0 Å². The van der Waals surface area contributed by atoms with Crippen molar-refractivity contribution in [2.45, 2.75) is 32.6 Å². The van der Waals surface area contributed by atoms with Crippen LogP contribution in [0.3, 0.4) is 0 Å². The Kier molecular flexibility index (Phi) is 3.95. The minimum absolute atomic E-state index is 0.0162. The molecule has 6 heteroatoms. The van der Waals surface area contributed by atoms with Gasteiger partial charge >= 0.3 is 5.63 Å². The minimum Gasteiger partial charge on any atom is -0.421 e. The van der Waals surface area contributed by atoms with Gasteiger partial charge in [0.25, 0.3) is 5.56 Å². The zero-order valence-corrected chi connectivity index (χ0v) is 14.4. The molecule has 1 amide bonds. The van der Waals surface area contributed by atoms with Gasteiger partial charge in [0.2, 0.25) is 5.91 Å². The summed E-state index contributed by atoms with van der Waals surface area (Å²) >= 11 is 0. The molecule has 1 aliphatic rings. The van der Waals surface area contributed by atoms with Crippen molar-refractivity contribution < 1.29 is 9.21 Å². The summed E-state index contributed by atoms with van der Waals surface area (Å²) in [5.74, 6) is -0.391. The van der Waals surface area contributed by atoms with Crippen LogP contribution in [0.25, 0.3) is 16.7 Å². The van der Waals surface area contributed by atoms with Crippen LogP contribution in [0.15, 0.2) is 50.4 Å². The van der Waals surface area contributed by atoms with Gasteiger partial charge in [-0.15, -0.1) is 0 Å². The molecule has 0 saturated heterocycles. The third kappa shape index (κ3) is 2.63. The van der Waals surface area contributed by atoms with Crippen LogP contribution in [-0.2, 0) is 17.6 Å². The van der Waals surface area contributed by atoms with Gasteiger partial charge in [0.15, 0.2) is 0 Å². The zero-order chi connectivity index (χ0) is 18.3. The number of amides is 1. The lowest BCUT2D eigenvalue weighted by Gasteiger charge is -2.22. The number of rotatable bonds is 2. The maximum absolute atomic E-state index is 13.2. The molecule has 0 unspecified atom stereocenters. The molecule has 2 aromatic heterocycles. The summed E-state index contributed by atoms with van der Waals surface area (Å²) in [4.78, 5) is 36.8. The molecule has 0 radical (unpaired) electrons. The van der Waals surface area contributed by atoms with E-state index in [4.69, 9.17) is 4.42 Å². The van der Waals surface area contributed by atoms with Crippen LogP contribution in [0.1, 0.15) is 31.0 Å². The van der Waals surface area contributed by atoms with Crippen LogP contribution in [0, 0.1) is 0 Å². The lowest BCUT2D eigenvalue weighted by Crippen LogP contribution is -2.27. The second-order valence-corrected chi connectivity index (χ2v) is 6.48. The van der Waals surface area contributed by atoms with Gasteiger partial charge in [-0.05, 0) is 43.9 Å². The van der Waals surface area contributed by atoms with Crippen molar-refractivity contribution >= 4 is 22.6 Å². The molecule has 0 saturated carbocycles. The van der Waals surface area contributed by atoms with Gasteiger partial charge in [0.1, 0.15) is 11.3 Å². The fraction of sp³-hybridized carbons (Fsp3) is 0.250. The number of aryl methyl sites for hydroxylation is 1. The van der Waals surface area contributed by atoms with Gasteiger partial charge in [0.05, 0.1) is 5.39 Å². The fourth-order valence-electron chi connectivity index (χ4n) is 3.61. The highest BCUT2D eigenvalue weighted by Gasteiger charge is 2.23. The van der Waals surface area contributed by atoms with Crippen LogP contribution in [-0.4, -0.2) is 10.5 Å². The van der Waals surface area contributed by atoms with E-state index in [1.54, 1.807) is 4.57 Å². The normalized spacial score (nSPS) is 13.4. The number of hydrogen-bond donors (Lipinski definition) is 1. The van der Waals surface area contributed by atoms with E-state index < -0.39 is 11.5 Å². The summed E-state index contributed by atoms with van der Waals surface area (Å²) in [7, 11) is 0. The number of carbonyl (C=O) groups is 1. The Hall–Kier alpha value is -3.15. The highest BCUT2D eigenvalue weighted by atomic mass is 16.4. The van der Waals surface area contributed by atoms with Crippen LogP contribution in [0.5, 0.6) is 0 Å². The number of nitrogens with one attached hydrogen (secondary N) is 1. The Labute approximate surface area is 149 Å². The van der Waals surface area contributed by atoms with Crippen LogP contribution in [0.4, 0.5) is 5.69 Å². The Morgan fingerprint density at radius 2 is 1.85 bits per heavy atom. The minimum atomic E-state index is -0.641. The number of anilines is 1. The first-order chi connectivity index (χ1) is 12.6. The Morgan fingerprint density at radius 1 is 1.12 bits per heavy atom. The van der Waals surface area contributed by atoms with E-state index in [9.17, 15) is 14.4 Å². The van der Waals surface area contributed by atoms with Crippen LogP contribution in [0.2, 0.25) is 0 Å². The number of pyridine rings is 1. The lowest BCUT2D eigenvalue weighted by molar-refractivity contribution is -0.114. The SMILES string of the molecule is CC(=O)Nc1cc2c(=O)n(-c3ccccc3)c3c(c2oc1=O)CCCC3. The van der Waals surface area contributed by atoms with Crippen molar-refractivity contribution in [2.75, 3.05) is 5.32 Å². The third-order valence-electron chi connectivity index (χ3n) is 4.69. The average molecular weight is 350 g/mol. The third-order valence-corrected chi connectivity index (χ3v) is 4.69. The summed E-state index contributed by atoms with van der Waals surface area (Å²) in [5, 5.41) is 2.74. The second-order valence-electron chi connectivity index (χ2n) is 6.48. The van der Waals surface area contributed by atoms with E-state index in [1.165, 1.54) is 13.0 Å². The number of benzene rings is 1. The van der Waals surface area contributed by atoms with Crippen molar-refractivity contribution in [1.82, 2.24) is 4.57 Å². The van der Waals surface area contributed by atoms with Crippen molar-refractivity contribution in [3.8, 4) is 5.69 Å². The summed E-state index contributed by atoms with van der Waals surface area (Å²) in [6.45, 7) is 1.30. The zero-order valence-electron chi connectivity index (χ0n) is 14.4. The number of hydrogen-bond acceptors (Lipinski definition) is 4. The first-order valence-corrected chi connectivity index (χ1v) is 8.64. The lowest BCUT2D eigenvalue weighted by atomic mass is 9.93. The number of carbonyl (C=O) groups excluding carboxylic acids is 1. The molecule has 3 aromatic rings. The number of para-hydroxylation sites is 1. The van der Waals surface area contributed by atoms with Gasteiger partial charge < -0.3 is 9.73 Å². The molecule has 0 aliphatic heterocycles. The molecule has 1 N–H and O–H groups in total. The van der Waals surface area contributed by atoms with E-state index in [0.717, 1.165) is 42.6 Å². The molecule has 1 aliphatic carbocycles. The molecule has 132 valence electrons. The fourth-order valence-corrected chi connectivity index (χ4v) is 3.61. The highest BCUT2D eigenvalue weighted by molar-refractivity contribution is 5.91. The van der Waals surface area contributed by atoms with Gasteiger partial charge in [0, 0.05) is 23.9 Å². The van der Waals surface area contributed by atoms with Crippen molar-refractivity contribution in [2.24, 2.45) is 0 Å². The second kappa shape index (κ2) is 6.29. The van der Waals surface area contributed by atoms with E-state index in [2.05, 4.69) is 5.32 Å². The van der Waals surface area contributed by atoms with E-state index in [1.807, 2.05) is 30.3 Å². The number of nitrogens with zero attached hydrogens (tertiary/aromatic N) is 1. The molecule has 26 heavy (non-hydrogen) atoms. The van der Waals surface area contributed by atoms with Gasteiger partial charge in [-0.25, -0.2) is 4.79 Å². The first-order valence-electron chi connectivity index (χ1n) is 8.64. The predicted octanol–water partition coefficient (Wildman–Crippen LogP) is 2.78. The smallest absolute Gasteiger partial charge is 0.360 e. The maximum atomic E-state index is 13.2. The molecular formula is C20H18N2O4. The Morgan fingerprint density at radius 3 is 2.58 bits per heavy atom. The van der Waals surface area contributed by atoms with Gasteiger partial charge in [-0.1, -0.05) is 18.2 Å². The summed E-state index contributed by atoms with van der Waals surface area (Å²) in [5.41, 5.74) is 2.02. The first kappa shape index (κ1) is 16.3. The van der Waals surface area contributed by atoms with E-state index >= 15 is 0 Å². The average Bonchev–Trinajstić information content (AvgIpc) is 2.64. The summed E-state index contributed by atoms with van der Waals surface area (Å²) < 4.78 is 7.18. The molecule has 6 nitrogen and oxygen atoms in total. The molecule has 4 rings (SSSR count). The van der Waals surface area contributed by atoms with Crippen LogP contribution >= 0.6 is 0 Å². The van der Waals surface area contributed by atoms with Crippen molar-refractivity contribution in [3.05, 3.63) is 68.4 Å². The number of aromatic nitrogens is 1. The molecule has 0 atom stereocenters. The van der Waals surface area contributed by atoms with Crippen molar-refractivity contribution in [3.63, 3.8) is 0 Å². The summed E-state index contributed by atoms with van der Waals surface area (Å²) in [6, 6.07) is 10.9.